The van der Waals surface area contributed by atoms with Gasteiger partial charge >= 0.3 is 5.97 Å². The first-order chi connectivity index (χ1) is 22.5. The van der Waals surface area contributed by atoms with Crippen LogP contribution in [0.4, 0.5) is 9.52 Å². The van der Waals surface area contributed by atoms with Crippen LogP contribution in [0.1, 0.15) is 16.8 Å². The number of nitrogen functional groups attached to an aromatic ring is 2. The van der Waals surface area contributed by atoms with Crippen molar-refractivity contribution in [2.45, 2.75) is 24.5 Å². The molecule has 14 nitrogen and oxygen atoms in total. The minimum Gasteiger partial charge on any atom is -0.477 e. The first kappa shape index (κ1) is 32.0. The number of carbonyl (C=O) groups excluding carboxylic acids is 2. The maximum atomic E-state index is 14.7. The van der Waals surface area contributed by atoms with Crippen LogP contribution in [0.2, 0.25) is 4.34 Å². The van der Waals surface area contributed by atoms with E-state index < -0.39 is 35.0 Å². The average molecular weight is 699 g/mol. The van der Waals surface area contributed by atoms with Gasteiger partial charge in [-0.25, -0.2) is 18.7 Å². The van der Waals surface area contributed by atoms with E-state index in [0.717, 1.165) is 22.2 Å². The molecule has 2 atom stereocenters. The molecule has 47 heavy (non-hydrogen) atoms. The van der Waals surface area contributed by atoms with Crippen molar-refractivity contribution in [2.75, 3.05) is 18.6 Å². The second kappa shape index (κ2) is 12.7. The highest BCUT2D eigenvalue weighted by molar-refractivity contribution is 8.00. The smallest absolute Gasteiger partial charge is 0.352 e. The van der Waals surface area contributed by atoms with Crippen LogP contribution in [-0.2, 0) is 32.3 Å². The number of pyridine rings is 1. The molecule has 0 unspecified atom stereocenters. The molecule has 7 N–H and O–H groups in total. The minimum absolute atomic E-state index is 0.00155. The Bertz CT molecular complexity index is 2040. The van der Waals surface area contributed by atoms with Gasteiger partial charge in [-0.15, -0.1) is 11.8 Å². The molecule has 1 aromatic carbocycles. The number of thioether (sulfide) groups is 1. The summed E-state index contributed by atoms with van der Waals surface area (Å²) in [4.78, 5) is 48.8. The molecule has 5 heterocycles. The van der Waals surface area contributed by atoms with Gasteiger partial charge in [0.15, 0.2) is 29.8 Å². The number of hydrogen-bond donors (Lipinski definition) is 5. The molecule has 2 aliphatic rings. The van der Waals surface area contributed by atoms with Gasteiger partial charge in [-0.05, 0) is 12.1 Å². The number of amides is 2. The summed E-state index contributed by atoms with van der Waals surface area (Å²) in [6.45, 7) is 0.446. The second-order valence-electron chi connectivity index (χ2n) is 10.5. The molecule has 1 fully saturated rings. The zero-order valence-electron chi connectivity index (χ0n) is 24.4. The Morgan fingerprint density at radius 2 is 2.13 bits per heavy atom. The highest BCUT2D eigenvalue weighted by Crippen LogP contribution is 2.40. The number of benzene rings is 1. The second-order valence-corrected chi connectivity index (χ2v) is 13.3. The van der Waals surface area contributed by atoms with Gasteiger partial charge in [0, 0.05) is 34.7 Å². The number of halogens is 2. The Labute approximate surface area is 278 Å². The van der Waals surface area contributed by atoms with E-state index in [9.17, 15) is 23.9 Å². The molecule has 1 saturated heterocycles. The lowest BCUT2D eigenvalue weighted by Gasteiger charge is -2.49. The fourth-order valence-corrected chi connectivity index (χ4v) is 7.70. The van der Waals surface area contributed by atoms with Crippen molar-refractivity contribution in [3.8, 4) is 0 Å². The molecule has 2 aliphatic heterocycles. The Hall–Kier alpha value is -5.00. The lowest BCUT2D eigenvalue weighted by atomic mass is 10.0. The minimum atomic E-state index is -1.26. The molecule has 0 aliphatic carbocycles. The number of aliphatic carboxylic acids is 1. The van der Waals surface area contributed by atoms with Crippen molar-refractivity contribution in [2.24, 2.45) is 10.9 Å². The van der Waals surface area contributed by atoms with Crippen molar-refractivity contribution >= 4 is 80.1 Å². The number of aromatic nitrogens is 3. The summed E-state index contributed by atoms with van der Waals surface area (Å²) in [6, 6.07) is 7.12. The number of nitrogens with two attached hydrogens (primary N) is 2. The van der Waals surface area contributed by atoms with E-state index >= 15 is 0 Å². The number of nitrogens with zero attached hydrogens (tertiary/aromatic N) is 5. The number of carboxylic acid groups (broad SMARTS) is 1. The summed E-state index contributed by atoms with van der Waals surface area (Å²) in [6.07, 6.45) is 5.45. The van der Waals surface area contributed by atoms with Gasteiger partial charge in [-0.3, -0.25) is 19.9 Å². The van der Waals surface area contributed by atoms with E-state index in [1.54, 1.807) is 18.3 Å². The number of amidine groups is 1. The van der Waals surface area contributed by atoms with E-state index in [-0.39, 0.29) is 51.2 Å². The first-order valence-corrected chi connectivity index (χ1v) is 16.1. The monoisotopic (exact) mass is 698 g/mol. The molecule has 0 saturated carbocycles. The topological polar surface area (TPSA) is 206 Å². The quantitative estimate of drug-likeness (QED) is 0.0538. The largest absolute Gasteiger partial charge is 0.477 e. The number of β-lactam (4-membered cyclic amide) rings is 1. The summed E-state index contributed by atoms with van der Waals surface area (Å²) < 4.78 is 18.5. The normalized spacial score (nSPS) is 17.8. The van der Waals surface area contributed by atoms with Gasteiger partial charge in [0.25, 0.3) is 11.8 Å². The zero-order chi connectivity index (χ0) is 33.6. The SMILES string of the molecule is CO/N=C(\C(=O)N[C@@H]1C(=O)N2C(C(=O)O)=C(C[n+]3ccc4c(ccn4Cc4ccc(C(=N)N)cc4F)c3)CS[C@H]12)c1nc(N)sc1Cl. The maximum Gasteiger partial charge on any atom is 0.352 e. The summed E-state index contributed by atoms with van der Waals surface area (Å²) in [5.74, 6) is -3.02. The number of oxime groups is 1. The first-order valence-electron chi connectivity index (χ1n) is 13.8. The van der Waals surface area contributed by atoms with Gasteiger partial charge < -0.3 is 31.3 Å². The van der Waals surface area contributed by atoms with E-state index in [2.05, 4.69) is 15.5 Å². The molecular weight excluding hydrogens is 673 g/mol. The number of hydrogen-bond acceptors (Lipinski definition) is 10. The number of carboxylic acids is 1. The van der Waals surface area contributed by atoms with Crippen LogP contribution in [0.5, 0.6) is 0 Å². The molecule has 0 spiro atoms. The Balaban J connectivity index is 1.19. The molecule has 2 amide bonds. The predicted molar refractivity (Wildman–Crippen MR) is 173 cm³/mol. The Kier molecular flexibility index (Phi) is 8.61. The highest BCUT2D eigenvalue weighted by atomic mass is 35.5. The predicted octanol–water partition coefficient (Wildman–Crippen LogP) is 1.88. The van der Waals surface area contributed by atoms with Gasteiger partial charge in [0.05, 0.1) is 17.4 Å². The summed E-state index contributed by atoms with van der Waals surface area (Å²) >= 11 is 8.41. The molecule has 18 heteroatoms. The van der Waals surface area contributed by atoms with E-state index in [1.165, 1.54) is 29.8 Å². The van der Waals surface area contributed by atoms with Gasteiger partial charge in [-0.1, -0.05) is 40.2 Å². The van der Waals surface area contributed by atoms with Crippen LogP contribution in [0.25, 0.3) is 10.9 Å². The number of nitrogens with one attached hydrogen (secondary N) is 2. The molecule has 6 rings (SSSR count). The van der Waals surface area contributed by atoms with Gasteiger partial charge in [0.1, 0.15) is 45.9 Å². The molecule has 0 radical (unpaired) electrons. The van der Waals surface area contributed by atoms with E-state index in [0.29, 0.717) is 16.7 Å². The van der Waals surface area contributed by atoms with Crippen LogP contribution in [0.15, 0.2) is 65.3 Å². The summed E-state index contributed by atoms with van der Waals surface area (Å²) in [5.41, 5.74) is 12.8. The number of carbonyl (C=O) groups is 3. The molecular formula is C29H26ClFN9O5S2+. The van der Waals surface area contributed by atoms with E-state index in [4.69, 9.17) is 33.3 Å². The van der Waals surface area contributed by atoms with Gasteiger partial charge in [0.2, 0.25) is 0 Å². The fraction of sp³-hybridized carbons (Fsp3) is 0.207. The third-order valence-electron chi connectivity index (χ3n) is 7.61. The fourth-order valence-electron chi connectivity index (χ4n) is 5.44. The third kappa shape index (κ3) is 5.99. The molecule has 0 bridgehead atoms. The number of thiazole rings is 1. The maximum absolute atomic E-state index is 14.7. The van der Waals surface area contributed by atoms with Crippen LogP contribution < -0.4 is 21.4 Å². The van der Waals surface area contributed by atoms with Crippen LogP contribution in [0.3, 0.4) is 0 Å². The average Bonchev–Trinajstić information content (AvgIpc) is 3.59. The number of rotatable bonds is 10. The van der Waals surface area contributed by atoms with Crippen molar-refractivity contribution in [1.29, 1.82) is 5.41 Å². The van der Waals surface area contributed by atoms with Crippen molar-refractivity contribution in [3.05, 3.63) is 87.2 Å². The van der Waals surface area contributed by atoms with Crippen molar-refractivity contribution in [3.63, 3.8) is 0 Å². The van der Waals surface area contributed by atoms with E-state index in [1.807, 2.05) is 33.7 Å². The third-order valence-corrected chi connectivity index (χ3v) is 10.0. The summed E-state index contributed by atoms with van der Waals surface area (Å²) in [5, 5.41) is 24.2. The Morgan fingerprint density at radius 3 is 2.79 bits per heavy atom. The molecule has 242 valence electrons. The Morgan fingerprint density at radius 1 is 1.34 bits per heavy atom. The molecule has 3 aromatic heterocycles. The standard InChI is InChI=1S/C29H25ClFN9O5S2/c1-45-37-20(19-23(30)47-29(34)36-19)25(41)35-21-26(42)40-22(28(43)44)16(12-46-27(21)40)10-38-6-5-18-15(9-38)4-7-39(18)11-14-3-2-13(24(32)33)8-17(14)31/h2-9,21,27H,10-12H2,1H3,(H6-,32,33,34,35,36,41,43,44)/p+1/b37-20-/t21-,27-/m1/s1. The number of fused-ring (bicyclic) bond motifs is 2. The van der Waals surface area contributed by atoms with Crippen LogP contribution in [0, 0.1) is 11.2 Å². The summed E-state index contributed by atoms with van der Waals surface area (Å²) in [7, 11) is 1.24. The van der Waals surface area contributed by atoms with Crippen molar-refractivity contribution in [1.82, 2.24) is 19.8 Å². The highest BCUT2D eigenvalue weighted by Gasteiger charge is 2.55. The molecule has 4 aromatic rings. The van der Waals surface area contributed by atoms with Crippen LogP contribution in [-0.4, -0.2) is 73.2 Å². The lowest BCUT2D eigenvalue weighted by molar-refractivity contribution is -0.687. The van der Waals surface area contributed by atoms with Gasteiger partial charge in [-0.2, -0.15) is 0 Å². The van der Waals surface area contributed by atoms with Crippen molar-refractivity contribution < 1.29 is 33.3 Å². The zero-order valence-corrected chi connectivity index (χ0v) is 26.8. The lowest BCUT2D eigenvalue weighted by Crippen LogP contribution is -2.71. The number of anilines is 1. The van der Waals surface area contributed by atoms with Crippen LogP contribution >= 0.6 is 34.7 Å².